The average molecular weight is 457 g/mol. The SMILES string of the molecule is Cc1nc2c3ccccc3nn2c(C)c1CCC(=O)NC(c1cccc(F)c1)c1nccn1C. The molecular weight excluding hydrogens is 431 g/mol. The average Bonchev–Trinajstić information content (AvgIpc) is 3.41. The lowest BCUT2D eigenvalue weighted by Gasteiger charge is -2.19. The number of hydrogen-bond donors (Lipinski definition) is 1. The number of aromatic nitrogens is 5. The second kappa shape index (κ2) is 8.70. The van der Waals surface area contributed by atoms with Crippen LogP contribution < -0.4 is 5.32 Å². The van der Waals surface area contributed by atoms with Crippen LogP contribution in [0.5, 0.6) is 0 Å². The molecule has 2 aromatic carbocycles. The summed E-state index contributed by atoms with van der Waals surface area (Å²) < 4.78 is 17.6. The van der Waals surface area contributed by atoms with E-state index >= 15 is 0 Å². The van der Waals surface area contributed by atoms with Gasteiger partial charge in [-0.15, -0.1) is 0 Å². The fourth-order valence-corrected chi connectivity index (χ4v) is 4.45. The molecular formula is C26H25FN6O. The highest BCUT2D eigenvalue weighted by atomic mass is 19.1. The summed E-state index contributed by atoms with van der Waals surface area (Å²) in [5, 5.41) is 8.74. The van der Waals surface area contributed by atoms with Crippen molar-refractivity contribution in [1.82, 2.24) is 29.5 Å². The van der Waals surface area contributed by atoms with E-state index in [-0.39, 0.29) is 18.1 Å². The topological polar surface area (TPSA) is 77.1 Å². The second-order valence-corrected chi connectivity index (χ2v) is 8.47. The zero-order chi connectivity index (χ0) is 23.8. The first kappa shape index (κ1) is 21.8. The van der Waals surface area contributed by atoms with Crippen molar-refractivity contribution in [2.24, 2.45) is 7.05 Å². The molecule has 1 N–H and O–H groups in total. The molecule has 0 saturated carbocycles. The van der Waals surface area contributed by atoms with E-state index < -0.39 is 6.04 Å². The van der Waals surface area contributed by atoms with Crippen molar-refractivity contribution < 1.29 is 9.18 Å². The normalized spacial score (nSPS) is 12.4. The summed E-state index contributed by atoms with van der Waals surface area (Å²) >= 11 is 0. The summed E-state index contributed by atoms with van der Waals surface area (Å²) in [5.74, 6) is 0.127. The number of imidazole rings is 1. The van der Waals surface area contributed by atoms with Gasteiger partial charge in [-0.2, -0.15) is 5.10 Å². The van der Waals surface area contributed by atoms with Crippen molar-refractivity contribution in [2.45, 2.75) is 32.7 Å². The van der Waals surface area contributed by atoms with Crippen LogP contribution in [0.3, 0.4) is 0 Å². The Morgan fingerprint density at radius 1 is 1.15 bits per heavy atom. The molecule has 0 bridgehead atoms. The number of rotatable bonds is 6. The van der Waals surface area contributed by atoms with Gasteiger partial charge in [-0.25, -0.2) is 18.9 Å². The maximum absolute atomic E-state index is 13.9. The molecule has 34 heavy (non-hydrogen) atoms. The summed E-state index contributed by atoms with van der Waals surface area (Å²) in [6.45, 7) is 3.97. The summed E-state index contributed by atoms with van der Waals surface area (Å²) in [6, 6.07) is 13.6. The Kier molecular flexibility index (Phi) is 5.57. The van der Waals surface area contributed by atoms with Crippen LogP contribution in [0.25, 0.3) is 16.6 Å². The van der Waals surface area contributed by atoms with Gasteiger partial charge in [0, 0.05) is 42.6 Å². The molecule has 3 heterocycles. The number of carbonyl (C=O) groups is 1. The van der Waals surface area contributed by atoms with Crippen LogP contribution in [0, 0.1) is 19.7 Å². The molecule has 8 heteroatoms. The third kappa shape index (κ3) is 3.91. The molecule has 0 fully saturated rings. The highest BCUT2D eigenvalue weighted by Gasteiger charge is 2.22. The van der Waals surface area contributed by atoms with Gasteiger partial charge in [0.2, 0.25) is 5.91 Å². The van der Waals surface area contributed by atoms with E-state index in [1.54, 1.807) is 24.5 Å². The quantitative estimate of drug-likeness (QED) is 0.415. The molecule has 0 aliphatic rings. The van der Waals surface area contributed by atoms with Crippen LogP contribution in [-0.4, -0.2) is 30.1 Å². The Bertz CT molecular complexity index is 1520. The van der Waals surface area contributed by atoms with Crippen molar-refractivity contribution in [3.8, 4) is 0 Å². The monoisotopic (exact) mass is 456 g/mol. The van der Waals surface area contributed by atoms with Crippen molar-refractivity contribution in [3.05, 3.63) is 95.1 Å². The number of nitrogens with one attached hydrogen (secondary N) is 1. The number of hydrogen-bond acceptors (Lipinski definition) is 4. The first-order chi connectivity index (χ1) is 16.4. The number of amides is 1. The predicted molar refractivity (Wildman–Crippen MR) is 128 cm³/mol. The fraction of sp³-hybridized carbons (Fsp3) is 0.231. The van der Waals surface area contributed by atoms with Gasteiger partial charge in [0.05, 0.1) is 5.52 Å². The van der Waals surface area contributed by atoms with Gasteiger partial charge < -0.3 is 9.88 Å². The molecule has 1 unspecified atom stereocenters. The molecule has 7 nitrogen and oxygen atoms in total. The lowest BCUT2D eigenvalue weighted by molar-refractivity contribution is -0.121. The smallest absolute Gasteiger partial charge is 0.221 e. The minimum atomic E-state index is -0.553. The third-order valence-electron chi connectivity index (χ3n) is 6.22. The lowest BCUT2D eigenvalue weighted by atomic mass is 10.0. The molecule has 0 aliphatic carbocycles. The number of halogens is 1. The van der Waals surface area contributed by atoms with Gasteiger partial charge in [-0.05, 0) is 55.7 Å². The summed E-state index contributed by atoms with van der Waals surface area (Å²) in [5.41, 5.74) is 5.20. The molecule has 0 radical (unpaired) electrons. The number of carbonyl (C=O) groups excluding carboxylic acids is 1. The van der Waals surface area contributed by atoms with E-state index in [4.69, 9.17) is 10.1 Å². The van der Waals surface area contributed by atoms with Crippen LogP contribution in [0.1, 0.15) is 40.8 Å². The van der Waals surface area contributed by atoms with Gasteiger partial charge in [-0.3, -0.25) is 4.79 Å². The van der Waals surface area contributed by atoms with E-state index in [9.17, 15) is 9.18 Å². The summed E-state index contributed by atoms with van der Waals surface area (Å²) in [7, 11) is 1.85. The van der Waals surface area contributed by atoms with Crippen LogP contribution >= 0.6 is 0 Å². The molecule has 1 atom stereocenters. The van der Waals surface area contributed by atoms with E-state index in [2.05, 4.69) is 10.3 Å². The highest BCUT2D eigenvalue weighted by Crippen LogP contribution is 2.24. The van der Waals surface area contributed by atoms with Crippen molar-refractivity contribution in [3.63, 3.8) is 0 Å². The highest BCUT2D eigenvalue weighted by molar-refractivity contribution is 5.92. The summed E-state index contributed by atoms with van der Waals surface area (Å²) in [4.78, 5) is 22.2. The molecule has 0 aliphatic heterocycles. The zero-order valence-corrected chi connectivity index (χ0v) is 19.3. The molecule has 5 aromatic rings. The fourth-order valence-electron chi connectivity index (χ4n) is 4.45. The Morgan fingerprint density at radius 2 is 1.97 bits per heavy atom. The molecule has 5 rings (SSSR count). The van der Waals surface area contributed by atoms with E-state index in [1.165, 1.54) is 12.1 Å². The standard InChI is InChI=1S/C26H25FN6O/c1-16-20(17(2)33-25(29-16)21-9-4-5-10-22(21)31-33)11-12-23(34)30-24(26-28-13-14-32(26)3)18-7-6-8-19(27)15-18/h4-10,13-15,24H,11-12H2,1-3H3,(H,30,34). The van der Waals surface area contributed by atoms with E-state index in [0.29, 0.717) is 17.8 Å². The largest absolute Gasteiger partial charge is 0.342 e. The van der Waals surface area contributed by atoms with Crippen molar-refractivity contribution in [1.29, 1.82) is 0 Å². The van der Waals surface area contributed by atoms with Crippen LogP contribution in [0.15, 0.2) is 60.9 Å². The molecule has 1 amide bonds. The molecule has 3 aromatic heterocycles. The predicted octanol–water partition coefficient (Wildman–Crippen LogP) is 4.21. The maximum Gasteiger partial charge on any atom is 0.221 e. The Morgan fingerprint density at radius 3 is 2.74 bits per heavy atom. The third-order valence-corrected chi connectivity index (χ3v) is 6.22. The number of benzene rings is 2. The minimum Gasteiger partial charge on any atom is -0.342 e. The molecule has 0 spiro atoms. The first-order valence-electron chi connectivity index (χ1n) is 11.2. The van der Waals surface area contributed by atoms with Gasteiger partial charge in [-0.1, -0.05) is 24.3 Å². The van der Waals surface area contributed by atoms with Crippen LogP contribution in [-0.2, 0) is 18.3 Å². The Labute approximate surface area is 196 Å². The van der Waals surface area contributed by atoms with Gasteiger partial charge in [0.1, 0.15) is 17.7 Å². The Hall–Kier alpha value is -4.07. The van der Waals surface area contributed by atoms with E-state index in [1.807, 2.05) is 54.2 Å². The second-order valence-electron chi connectivity index (χ2n) is 8.47. The van der Waals surface area contributed by atoms with Crippen LogP contribution in [0.2, 0.25) is 0 Å². The van der Waals surface area contributed by atoms with Crippen molar-refractivity contribution >= 4 is 22.5 Å². The van der Waals surface area contributed by atoms with Crippen molar-refractivity contribution in [2.75, 3.05) is 0 Å². The van der Waals surface area contributed by atoms with Gasteiger partial charge in [0.25, 0.3) is 0 Å². The van der Waals surface area contributed by atoms with Crippen LogP contribution in [0.4, 0.5) is 4.39 Å². The lowest BCUT2D eigenvalue weighted by Crippen LogP contribution is -2.31. The molecule has 0 saturated heterocycles. The van der Waals surface area contributed by atoms with E-state index in [0.717, 1.165) is 33.5 Å². The Balaban J connectivity index is 1.40. The first-order valence-corrected chi connectivity index (χ1v) is 11.2. The van der Waals surface area contributed by atoms with Gasteiger partial charge >= 0.3 is 0 Å². The summed E-state index contributed by atoms with van der Waals surface area (Å²) in [6.07, 6.45) is 4.23. The minimum absolute atomic E-state index is 0.151. The van der Waals surface area contributed by atoms with Gasteiger partial charge in [0.15, 0.2) is 5.65 Å². The zero-order valence-electron chi connectivity index (χ0n) is 19.3. The number of aryl methyl sites for hydroxylation is 3. The number of fused-ring (bicyclic) bond motifs is 3. The molecule has 172 valence electrons. The number of nitrogens with zero attached hydrogens (tertiary/aromatic N) is 5. The maximum atomic E-state index is 13.9.